The Morgan fingerprint density at radius 2 is 2.29 bits per heavy atom. The molecule has 1 aliphatic carbocycles. The monoisotopic (exact) mass is 362 g/mol. The number of anilines is 1. The van der Waals surface area contributed by atoms with Crippen LogP contribution in [0, 0.1) is 0 Å². The summed E-state index contributed by atoms with van der Waals surface area (Å²) in [4.78, 5) is 10.2. The van der Waals surface area contributed by atoms with Crippen LogP contribution in [0.4, 0.5) is 5.82 Å². The van der Waals surface area contributed by atoms with Crippen molar-refractivity contribution >= 4 is 39.0 Å². The third kappa shape index (κ3) is 3.14. The van der Waals surface area contributed by atoms with E-state index in [1.165, 1.54) is 23.3 Å². The van der Waals surface area contributed by atoms with Crippen molar-refractivity contribution in [3.63, 3.8) is 0 Å². The van der Waals surface area contributed by atoms with E-state index in [9.17, 15) is 0 Å². The number of nitrogens with one attached hydrogen (secondary N) is 1. The van der Waals surface area contributed by atoms with Crippen molar-refractivity contribution in [1.82, 2.24) is 9.97 Å². The Kier molecular flexibility index (Phi) is 4.20. The zero-order chi connectivity index (χ0) is 16.7. The van der Waals surface area contributed by atoms with E-state index in [0.717, 1.165) is 28.2 Å². The molecule has 24 heavy (non-hydrogen) atoms. The van der Waals surface area contributed by atoms with E-state index in [4.69, 9.17) is 21.8 Å². The SMILES string of the molecule is CC(N)Cc1sc2c(NCc3ccco3)nc(Cl)nc2c1C1CC1. The van der Waals surface area contributed by atoms with E-state index >= 15 is 0 Å². The number of hydrogen-bond acceptors (Lipinski definition) is 6. The van der Waals surface area contributed by atoms with Crippen molar-refractivity contribution in [3.05, 3.63) is 39.9 Å². The number of furan rings is 1. The van der Waals surface area contributed by atoms with E-state index in [0.29, 0.717) is 12.5 Å². The van der Waals surface area contributed by atoms with Crippen molar-refractivity contribution in [3.8, 4) is 0 Å². The average Bonchev–Trinajstić information content (AvgIpc) is 3.09. The first kappa shape index (κ1) is 15.9. The van der Waals surface area contributed by atoms with Crippen LogP contribution in [-0.2, 0) is 13.0 Å². The highest BCUT2D eigenvalue weighted by Gasteiger charge is 2.31. The molecule has 3 N–H and O–H groups in total. The Hall–Kier alpha value is -1.63. The first-order valence-corrected chi connectivity index (χ1v) is 9.32. The molecular formula is C17H19ClN4OS. The number of aromatic nitrogens is 2. The first-order valence-electron chi connectivity index (χ1n) is 8.12. The van der Waals surface area contributed by atoms with Crippen molar-refractivity contribution in [2.45, 2.75) is 44.7 Å². The summed E-state index contributed by atoms with van der Waals surface area (Å²) in [6.45, 7) is 2.60. The lowest BCUT2D eigenvalue weighted by atomic mass is 10.1. The molecule has 3 aromatic rings. The third-order valence-corrected chi connectivity index (χ3v) is 5.52. The van der Waals surface area contributed by atoms with Crippen molar-refractivity contribution in [2.24, 2.45) is 5.73 Å². The Labute approximate surface area is 149 Å². The highest BCUT2D eigenvalue weighted by molar-refractivity contribution is 7.19. The smallest absolute Gasteiger partial charge is 0.224 e. The summed E-state index contributed by atoms with van der Waals surface area (Å²) in [5.74, 6) is 2.22. The molecule has 0 saturated heterocycles. The van der Waals surface area contributed by atoms with Gasteiger partial charge in [0.2, 0.25) is 5.28 Å². The van der Waals surface area contributed by atoms with E-state index in [2.05, 4.69) is 15.3 Å². The van der Waals surface area contributed by atoms with Crippen molar-refractivity contribution < 1.29 is 4.42 Å². The predicted octanol–water partition coefficient (Wildman–Crippen LogP) is 4.32. The minimum absolute atomic E-state index is 0.124. The van der Waals surface area contributed by atoms with Crippen LogP contribution in [0.2, 0.25) is 5.28 Å². The molecule has 3 aromatic heterocycles. The average molecular weight is 363 g/mol. The fourth-order valence-electron chi connectivity index (χ4n) is 2.95. The van der Waals surface area contributed by atoms with Gasteiger partial charge in [-0.1, -0.05) is 0 Å². The van der Waals surface area contributed by atoms with Gasteiger partial charge in [0.15, 0.2) is 0 Å². The standard InChI is InChI=1S/C17H19ClN4OS/c1-9(19)7-12-13(10-4-5-10)14-15(24-12)16(22-17(18)21-14)20-8-11-3-2-6-23-11/h2-3,6,9-10H,4-5,7-8,19H2,1H3,(H,20,21,22). The van der Waals surface area contributed by atoms with E-state index in [-0.39, 0.29) is 11.3 Å². The fourth-order valence-corrected chi connectivity index (χ4v) is 4.56. The molecule has 0 bridgehead atoms. The first-order chi connectivity index (χ1) is 11.6. The van der Waals surface area contributed by atoms with Gasteiger partial charge in [-0.2, -0.15) is 4.98 Å². The van der Waals surface area contributed by atoms with Crippen LogP contribution in [0.5, 0.6) is 0 Å². The summed E-state index contributed by atoms with van der Waals surface area (Å²) in [7, 11) is 0. The summed E-state index contributed by atoms with van der Waals surface area (Å²) < 4.78 is 6.43. The number of hydrogen-bond donors (Lipinski definition) is 2. The Balaban J connectivity index is 1.76. The summed E-state index contributed by atoms with van der Waals surface area (Å²) in [6, 6.07) is 3.92. The molecule has 1 aliphatic rings. The molecule has 1 saturated carbocycles. The van der Waals surface area contributed by atoms with Gasteiger partial charge in [0.1, 0.15) is 11.6 Å². The lowest BCUT2D eigenvalue weighted by Gasteiger charge is -2.06. The second-order valence-electron chi connectivity index (χ2n) is 6.35. The molecule has 5 nitrogen and oxygen atoms in total. The van der Waals surface area contributed by atoms with Crippen LogP contribution in [0.3, 0.4) is 0 Å². The number of thiophene rings is 1. The number of fused-ring (bicyclic) bond motifs is 1. The molecule has 3 heterocycles. The topological polar surface area (TPSA) is 77.0 Å². The number of nitrogens with two attached hydrogens (primary N) is 1. The molecular weight excluding hydrogens is 344 g/mol. The molecule has 7 heteroatoms. The predicted molar refractivity (Wildman–Crippen MR) is 97.8 cm³/mol. The van der Waals surface area contributed by atoms with Gasteiger partial charge in [-0.3, -0.25) is 0 Å². The van der Waals surface area contributed by atoms with Gasteiger partial charge in [-0.05, 0) is 61.4 Å². The van der Waals surface area contributed by atoms with Crippen LogP contribution in [0.1, 0.15) is 41.9 Å². The molecule has 4 rings (SSSR count). The second-order valence-corrected chi connectivity index (χ2v) is 7.79. The Morgan fingerprint density at radius 1 is 1.46 bits per heavy atom. The molecule has 0 radical (unpaired) electrons. The molecule has 126 valence electrons. The maximum atomic E-state index is 6.19. The lowest BCUT2D eigenvalue weighted by Crippen LogP contribution is -2.17. The van der Waals surface area contributed by atoms with Crippen molar-refractivity contribution in [2.75, 3.05) is 5.32 Å². The molecule has 0 spiro atoms. The van der Waals surface area contributed by atoms with Gasteiger partial charge < -0.3 is 15.5 Å². The molecule has 0 aliphatic heterocycles. The zero-order valence-corrected chi connectivity index (χ0v) is 15.0. The van der Waals surface area contributed by atoms with Gasteiger partial charge in [0.25, 0.3) is 0 Å². The summed E-state index contributed by atoms with van der Waals surface area (Å²) in [6.07, 6.45) is 4.96. The van der Waals surface area contributed by atoms with Gasteiger partial charge in [-0.25, -0.2) is 4.98 Å². The highest BCUT2D eigenvalue weighted by atomic mass is 35.5. The molecule has 1 atom stereocenters. The summed E-state index contributed by atoms with van der Waals surface area (Å²) >= 11 is 7.93. The van der Waals surface area contributed by atoms with E-state index in [1.807, 2.05) is 19.1 Å². The second kappa shape index (κ2) is 6.35. The van der Waals surface area contributed by atoms with Gasteiger partial charge in [0.05, 0.1) is 23.0 Å². The Bertz CT molecular complexity index is 855. The van der Waals surface area contributed by atoms with Crippen LogP contribution in [0.25, 0.3) is 10.2 Å². The third-order valence-electron chi connectivity index (χ3n) is 4.12. The largest absolute Gasteiger partial charge is 0.467 e. The van der Waals surface area contributed by atoms with Crippen LogP contribution >= 0.6 is 22.9 Å². The minimum Gasteiger partial charge on any atom is -0.467 e. The molecule has 1 unspecified atom stereocenters. The number of halogens is 1. The van der Waals surface area contributed by atoms with Crippen molar-refractivity contribution in [1.29, 1.82) is 0 Å². The zero-order valence-electron chi connectivity index (χ0n) is 13.4. The van der Waals surface area contributed by atoms with Crippen LogP contribution < -0.4 is 11.1 Å². The van der Waals surface area contributed by atoms with Crippen LogP contribution in [0.15, 0.2) is 22.8 Å². The maximum absolute atomic E-state index is 6.19. The van der Waals surface area contributed by atoms with E-state index < -0.39 is 0 Å². The maximum Gasteiger partial charge on any atom is 0.224 e. The van der Waals surface area contributed by atoms with Gasteiger partial charge in [-0.15, -0.1) is 11.3 Å². The van der Waals surface area contributed by atoms with Crippen LogP contribution in [-0.4, -0.2) is 16.0 Å². The highest BCUT2D eigenvalue weighted by Crippen LogP contribution is 2.49. The minimum atomic E-state index is 0.124. The normalized spacial score (nSPS) is 15.8. The molecule has 1 fully saturated rings. The molecule has 0 aromatic carbocycles. The van der Waals surface area contributed by atoms with Gasteiger partial charge in [0, 0.05) is 10.9 Å². The van der Waals surface area contributed by atoms with E-state index in [1.54, 1.807) is 17.6 Å². The number of nitrogens with zero attached hydrogens (tertiary/aromatic N) is 2. The Morgan fingerprint density at radius 3 is 2.96 bits per heavy atom. The number of rotatable bonds is 6. The molecule has 0 amide bonds. The summed E-state index contributed by atoms with van der Waals surface area (Å²) in [5, 5.41) is 3.61. The summed E-state index contributed by atoms with van der Waals surface area (Å²) in [5.41, 5.74) is 8.36. The quantitative estimate of drug-likeness (QED) is 0.638. The van der Waals surface area contributed by atoms with Gasteiger partial charge >= 0.3 is 0 Å². The fraction of sp³-hybridized carbons (Fsp3) is 0.412. The lowest BCUT2D eigenvalue weighted by molar-refractivity contribution is 0.518.